The molecule has 0 heterocycles. The van der Waals surface area contributed by atoms with Crippen molar-refractivity contribution in [3.05, 3.63) is 59.7 Å². The third-order valence-corrected chi connectivity index (χ3v) is 4.26. The lowest BCUT2D eigenvalue weighted by molar-refractivity contribution is 0.690. The Hall–Kier alpha value is -1.34. The van der Waals surface area contributed by atoms with Gasteiger partial charge in [0.2, 0.25) is 0 Å². The van der Waals surface area contributed by atoms with Crippen molar-refractivity contribution in [3.63, 3.8) is 0 Å². The summed E-state index contributed by atoms with van der Waals surface area (Å²) in [6.45, 7) is 0. The zero-order valence-corrected chi connectivity index (χ0v) is 12.6. The first-order valence-electron chi connectivity index (χ1n) is 6.86. The summed E-state index contributed by atoms with van der Waals surface area (Å²) in [6, 6.07) is 18.0. The van der Waals surface area contributed by atoms with Crippen molar-refractivity contribution in [1.82, 2.24) is 0 Å². The fraction of sp³-hybridized carbons (Fsp3) is 0.222. The SMILES string of the molecule is Br.c1ccc2c(c1)ccc1c3c(ccc12)CCCC3. The van der Waals surface area contributed by atoms with Crippen LogP contribution in [-0.4, -0.2) is 0 Å². The third kappa shape index (κ3) is 1.97. The second kappa shape index (κ2) is 4.97. The van der Waals surface area contributed by atoms with E-state index in [1.807, 2.05) is 0 Å². The molecule has 0 fully saturated rings. The molecule has 1 aliphatic rings. The average Bonchev–Trinajstić information content (AvgIpc) is 2.46. The van der Waals surface area contributed by atoms with Gasteiger partial charge in [-0.1, -0.05) is 48.5 Å². The summed E-state index contributed by atoms with van der Waals surface area (Å²) in [5.74, 6) is 0. The van der Waals surface area contributed by atoms with Gasteiger partial charge in [0, 0.05) is 0 Å². The molecule has 0 atom stereocenters. The van der Waals surface area contributed by atoms with E-state index in [0.717, 1.165) is 0 Å². The maximum atomic E-state index is 2.35. The largest absolute Gasteiger partial charge is 0.114 e. The van der Waals surface area contributed by atoms with Gasteiger partial charge in [0.1, 0.15) is 0 Å². The van der Waals surface area contributed by atoms with Crippen LogP contribution >= 0.6 is 17.0 Å². The molecule has 0 nitrogen and oxygen atoms in total. The van der Waals surface area contributed by atoms with Gasteiger partial charge in [-0.3, -0.25) is 0 Å². The first-order valence-corrected chi connectivity index (χ1v) is 6.86. The van der Waals surface area contributed by atoms with Crippen molar-refractivity contribution >= 4 is 38.5 Å². The molecule has 0 bridgehead atoms. The van der Waals surface area contributed by atoms with E-state index in [-0.39, 0.29) is 17.0 Å². The highest BCUT2D eigenvalue weighted by molar-refractivity contribution is 8.93. The monoisotopic (exact) mass is 312 g/mol. The van der Waals surface area contributed by atoms with Crippen molar-refractivity contribution < 1.29 is 0 Å². The normalized spacial score (nSPS) is 14.1. The minimum absolute atomic E-state index is 0. The summed E-state index contributed by atoms with van der Waals surface area (Å²) < 4.78 is 0. The molecule has 0 saturated heterocycles. The van der Waals surface area contributed by atoms with Crippen molar-refractivity contribution in [1.29, 1.82) is 0 Å². The van der Waals surface area contributed by atoms with Crippen molar-refractivity contribution in [3.8, 4) is 0 Å². The Bertz CT molecular complexity index is 743. The molecule has 1 heteroatoms. The highest BCUT2D eigenvalue weighted by Gasteiger charge is 2.12. The van der Waals surface area contributed by atoms with Gasteiger partial charge in [0.05, 0.1) is 0 Å². The van der Waals surface area contributed by atoms with E-state index in [9.17, 15) is 0 Å². The predicted octanol–water partition coefficient (Wildman–Crippen LogP) is 5.45. The van der Waals surface area contributed by atoms with Crippen LogP contribution in [0.15, 0.2) is 48.5 Å². The van der Waals surface area contributed by atoms with Crippen LogP contribution < -0.4 is 0 Å². The van der Waals surface area contributed by atoms with Crippen molar-refractivity contribution in [2.45, 2.75) is 25.7 Å². The van der Waals surface area contributed by atoms with Gasteiger partial charge in [-0.2, -0.15) is 0 Å². The van der Waals surface area contributed by atoms with Crippen LogP contribution in [0.2, 0.25) is 0 Å². The third-order valence-electron chi connectivity index (χ3n) is 4.26. The Morgan fingerprint density at radius 2 is 1.42 bits per heavy atom. The van der Waals surface area contributed by atoms with Crippen LogP contribution in [0.1, 0.15) is 24.0 Å². The van der Waals surface area contributed by atoms with Gasteiger partial charge < -0.3 is 0 Å². The number of rotatable bonds is 0. The summed E-state index contributed by atoms with van der Waals surface area (Å²) in [5.41, 5.74) is 3.17. The van der Waals surface area contributed by atoms with E-state index in [4.69, 9.17) is 0 Å². The molecule has 0 radical (unpaired) electrons. The molecule has 3 aromatic rings. The number of benzene rings is 3. The molecule has 0 unspecified atom stereocenters. The maximum Gasteiger partial charge on any atom is -0.0102 e. The van der Waals surface area contributed by atoms with Crippen LogP contribution in [0.25, 0.3) is 21.5 Å². The van der Waals surface area contributed by atoms with E-state index >= 15 is 0 Å². The van der Waals surface area contributed by atoms with E-state index in [0.29, 0.717) is 0 Å². The van der Waals surface area contributed by atoms with Gasteiger partial charge in [-0.25, -0.2) is 0 Å². The first kappa shape index (κ1) is 12.7. The van der Waals surface area contributed by atoms with Gasteiger partial charge >= 0.3 is 0 Å². The fourth-order valence-corrected chi connectivity index (χ4v) is 3.34. The average molecular weight is 313 g/mol. The zero-order chi connectivity index (χ0) is 11.9. The Kier molecular flexibility index (Phi) is 3.32. The van der Waals surface area contributed by atoms with Crippen LogP contribution in [0, 0.1) is 0 Å². The minimum Gasteiger partial charge on any atom is -0.114 e. The molecule has 96 valence electrons. The van der Waals surface area contributed by atoms with Gasteiger partial charge in [-0.15, -0.1) is 17.0 Å². The van der Waals surface area contributed by atoms with E-state index in [1.54, 1.807) is 11.1 Å². The van der Waals surface area contributed by atoms with E-state index in [1.165, 1.54) is 47.2 Å². The number of hydrogen-bond acceptors (Lipinski definition) is 0. The highest BCUT2D eigenvalue weighted by Crippen LogP contribution is 2.32. The Labute approximate surface area is 124 Å². The van der Waals surface area contributed by atoms with Crippen LogP contribution in [0.5, 0.6) is 0 Å². The summed E-state index contributed by atoms with van der Waals surface area (Å²) in [7, 11) is 0. The topological polar surface area (TPSA) is 0 Å². The molecule has 1 aliphatic carbocycles. The molecular weight excluding hydrogens is 296 g/mol. The molecule has 3 aromatic carbocycles. The predicted molar refractivity (Wildman–Crippen MR) is 88.4 cm³/mol. The second-order valence-electron chi connectivity index (χ2n) is 5.29. The zero-order valence-electron chi connectivity index (χ0n) is 10.9. The van der Waals surface area contributed by atoms with E-state index in [2.05, 4.69) is 48.5 Å². The molecule has 0 spiro atoms. The Balaban J connectivity index is 0.00000110. The summed E-state index contributed by atoms with van der Waals surface area (Å²) in [6.07, 6.45) is 5.22. The summed E-state index contributed by atoms with van der Waals surface area (Å²) in [4.78, 5) is 0. The Morgan fingerprint density at radius 3 is 2.37 bits per heavy atom. The molecule has 0 saturated carbocycles. The van der Waals surface area contributed by atoms with Gasteiger partial charge in [0.25, 0.3) is 0 Å². The van der Waals surface area contributed by atoms with Crippen molar-refractivity contribution in [2.24, 2.45) is 0 Å². The minimum atomic E-state index is 0. The standard InChI is InChI=1S/C18H16.BrH/c1-3-7-15-13(5-1)9-11-18-16-8-4-2-6-14(16)10-12-17(15)18;/h1,3,5,7,9-12H,2,4,6,8H2;1H. The molecule has 4 rings (SSSR count). The molecule has 0 aromatic heterocycles. The Morgan fingerprint density at radius 1 is 0.632 bits per heavy atom. The first-order chi connectivity index (χ1) is 8.93. The molecule has 19 heavy (non-hydrogen) atoms. The highest BCUT2D eigenvalue weighted by atomic mass is 79.9. The van der Waals surface area contributed by atoms with Gasteiger partial charge in [0.15, 0.2) is 0 Å². The number of fused-ring (bicyclic) bond motifs is 5. The lowest BCUT2D eigenvalue weighted by Gasteiger charge is -2.18. The molecular formula is C18H17Br. The van der Waals surface area contributed by atoms with Crippen LogP contribution in [-0.2, 0) is 12.8 Å². The van der Waals surface area contributed by atoms with Crippen molar-refractivity contribution in [2.75, 3.05) is 0 Å². The number of halogens is 1. The quantitative estimate of drug-likeness (QED) is 0.484. The molecule has 0 aliphatic heterocycles. The lowest BCUT2D eigenvalue weighted by Crippen LogP contribution is -2.02. The van der Waals surface area contributed by atoms with Gasteiger partial charge in [-0.05, 0) is 58.4 Å². The second-order valence-corrected chi connectivity index (χ2v) is 5.29. The molecule has 0 N–H and O–H groups in total. The summed E-state index contributed by atoms with van der Waals surface area (Å²) >= 11 is 0. The number of hydrogen-bond donors (Lipinski definition) is 0. The van der Waals surface area contributed by atoms with E-state index < -0.39 is 0 Å². The lowest BCUT2D eigenvalue weighted by atomic mass is 9.86. The molecule has 0 amide bonds. The smallest absolute Gasteiger partial charge is 0.0102 e. The van der Waals surface area contributed by atoms with Crippen LogP contribution in [0.4, 0.5) is 0 Å². The maximum absolute atomic E-state index is 2.35. The summed E-state index contributed by atoms with van der Waals surface area (Å²) in [5, 5.41) is 5.64. The fourth-order valence-electron chi connectivity index (χ4n) is 3.34. The number of aryl methyl sites for hydroxylation is 2. The van der Waals surface area contributed by atoms with Crippen LogP contribution in [0.3, 0.4) is 0 Å².